The molecule has 1 heterocycles. The quantitative estimate of drug-likeness (QED) is 0.532. The van der Waals surface area contributed by atoms with Crippen molar-refractivity contribution in [3.63, 3.8) is 0 Å². The molecule has 1 N–H and O–H groups in total. The topological polar surface area (TPSA) is 67.2 Å². The molecule has 0 bridgehead atoms. The standard InChI is InChI=1S/C26H31N3O2S/c1-16(2)31-24-8-5-18(13-19(24)14-27)26-29-15-25(32-26)22-12-17(3)11-21-20(22)6-7-23(21)28-9-10-30-4/h5,8,12-13,15-17,23,28H,6-7,9-11H2,1-4H3. The lowest BCUT2D eigenvalue weighted by Gasteiger charge is -2.24. The summed E-state index contributed by atoms with van der Waals surface area (Å²) in [6.45, 7) is 7.84. The van der Waals surface area contributed by atoms with Crippen LogP contribution in [0.2, 0.25) is 0 Å². The van der Waals surface area contributed by atoms with Gasteiger partial charge in [0.1, 0.15) is 16.8 Å². The molecule has 6 heteroatoms. The molecule has 4 rings (SSSR count). The number of ether oxygens (including phenoxy) is 2. The van der Waals surface area contributed by atoms with Crippen molar-refractivity contribution in [2.45, 2.75) is 52.2 Å². The SMILES string of the molecule is COCCNC1CCC2=C1CC(C)C=C2c1cnc(-c2ccc(OC(C)C)c(C#N)c2)s1. The van der Waals surface area contributed by atoms with Crippen molar-refractivity contribution < 1.29 is 9.47 Å². The van der Waals surface area contributed by atoms with Gasteiger partial charge in [0.2, 0.25) is 0 Å². The van der Waals surface area contributed by atoms with Gasteiger partial charge in [0.25, 0.3) is 0 Å². The molecule has 1 aromatic carbocycles. The summed E-state index contributed by atoms with van der Waals surface area (Å²) in [6.07, 6.45) is 7.80. The van der Waals surface area contributed by atoms with Gasteiger partial charge in [-0.3, -0.25) is 0 Å². The summed E-state index contributed by atoms with van der Waals surface area (Å²) in [5.41, 5.74) is 5.90. The van der Waals surface area contributed by atoms with E-state index in [2.05, 4.69) is 24.4 Å². The summed E-state index contributed by atoms with van der Waals surface area (Å²) in [6, 6.07) is 8.47. The zero-order valence-corrected chi connectivity index (χ0v) is 20.1. The lowest BCUT2D eigenvalue weighted by atomic mass is 9.85. The van der Waals surface area contributed by atoms with E-state index in [1.54, 1.807) is 24.0 Å². The second-order valence-electron chi connectivity index (χ2n) is 8.82. The first-order valence-corrected chi connectivity index (χ1v) is 12.2. The number of benzene rings is 1. The summed E-state index contributed by atoms with van der Waals surface area (Å²) in [7, 11) is 1.75. The van der Waals surface area contributed by atoms with Crippen LogP contribution in [0, 0.1) is 17.2 Å². The van der Waals surface area contributed by atoms with E-state index >= 15 is 0 Å². The minimum absolute atomic E-state index is 0.0290. The number of nitrogens with zero attached hydrogens (tertiary/aromatic N) is 2. The van der Waals surface area contributed by atoms with Gasteiger partial charge >= 0.3 is 0 Å². The normalized spacial score (nSPS) is 20.3. The van der Waals surface area contributed by atoms with Gasteiger partial charge in [0.05, 0.1) is 23.2 Å². The Morgan fingerprint density at radius 2 is 2.19 bits per heavy atom. The Morgan fingerprint density at radius 3 is 2.94 bits per heavy atom. The van der Waals surface area contributed by atoms with E-state index < -0.39 is 0 Å². The molecule has 2 atom stereocenters. The van der Waals surface area contributed by atoms with Gasteiger partial charge in [0, 0.05) is 31.5 Å². The molecule has 0 amide bonds. The third-order valence-corrected chi connectivity index (χ3v) is 7.07. The smallest absolute Gasteiger partial charge is 0.137 e. The molecule has 0 aliphatic heterocycles. The Morgan fingerprint density at radius 1 is 1.34 bits per heavy atom. The highest BCUT2D eigenvalue weighted by atomic mass is 32.1. The first kappa shape index (κ1) is 22.7. The maximum Gasteiger partial charge on any atom is 0.137 e. The van der Waals surface area contributed by atoms with E-state index in [1.165, 1.54) is 16.0 Å². The summed E-state index contributed by atoms with van der Waals surface area (Å²) < 4.78 is 11.0. The van der Waals surface area contributed by atoms with E-state index in [9.17, 15) is 5.26 Å². The van der Waals surface area contributed by atoms with Gasteiger partial charge in [-0.25, -0.2) is 4.98 Å². The number of thiazole rings is 1. The molecule has 2 aliphatic rings. The first-order valence-electron chi connectivity index (χ1n) is 11.3. The number of methoxy groups -OCH3 is 1. The molecule has 2 unspecified atom stereocenters. The Bertz CT molecular complexity index is 1080. The molecule has 2 aliphatic carbocycles. The fraction of sp³-hybridized carbons (Fsp3) is 0.462. The van der Waals surface area contributed by atoms with Crippen LogP contribution in [0.4, 0.5) is 0 Å². The monoisotopic (exact) mass is 449 g/mol. The molecule has 2 aromatic rings. The fourth-order valence-electron chi connectivity index (χ4n) is 4.63. The number of aromatic nitrogens is 1. The van der Waals surface area contributed by atoms with Crippen LogP contribution in [0.25, 0.3) is 16.1 Å². The number of hydrogen-bond acceptors (Lipinski definition) is 6. The van der Waals surface area contributed by atoms with Crippen molar-refractivity contribution in [2.75, 3.05) is 20.3 Å². The minimum Gasteiger partial charge on any atom is -0.490 e. The summed E-state index contributed by atoms with van der Waals surface area (Å²) in [5.74, 6) is 1.14. The molecule has 168 valence electrons. The third-order valence-electron chi connectivity index (χ3n) is 5.99. The van der Waals surface area contributed by atoms with Crippen LogP contribution in [0.5, 0.6) is 5.75 Å². The average molecular weight is 450 g/mol. The van der Waals surface area contributed by atoms with Crippen molar-refractivity contribution in [2.24, 2.45) is 5.92 Å². The molecule has 0 radical (unpaired) electrons. The van der Waals surface area contributed by atoms with Gasteiger partial charge in [-0.15, -0.1) is 11.3 Å². The molecule has 0 saturated carbocycles. The fourth-order valence-corrected chi connectivity index (χ4v) is 5.59. The van der Waals surface area contributed by atoms with Crippen LogP contribution in [-0.2, 0) is 4.74 Å². The second kappa shape index (κ2) is 9.99. The third kappa shape index (κ3) is 4.80. The molecule has 0 fully saturated rings. The lowest BCUT2D eigenvalue weighted by molar-refractivity contribution is 0.197. The number of rotatable bonds is 8. The van der Waals surface area contributed by atoms with E-state index in [1.807, 2.05) is 38.2 Å². The Balaban J connectivity index is 1.59. The molecule has 5 nitrogen and oxygen atoms in total. The predicted octanol–water partition coefficient (Wildman–Crippen LogP) is 5.59. The van der Waals surface area contributed by atoms with Gasteiger partial charge in [0.15, 0.2) is 0 Å². The summed E-state index contributed by atoms with van der Waals surface area (Å²) in [4.78, 5) is 5.93. The molecular formula is C26H31N3O2S. The Kier molecular flexibility index (Phi) is 7.10. The van der Waals surface area contributed by atoms with Crippen molar-refractivity contribution >= 4 is 16.9 Å². The van der Waals surface area contributed by atoms with Gasteiger partial charge in [-0.05, 0) is 73.9 Å². The summed E-state index contributed by atoms with van der Waals surface area (Å²) in [5, 5.41) is 14.2. The zero-order valence-electron chi connectivity index (χ0n) is 19.3. The Hall–Kier alpha value is -2.46. The molecule has 0 saturated heterocycles. The number of nitrogens with one attached hydrogen (secondary N) is 1. The van der Waals surface area contributed by atoms with E-state index in [-0.39, 0.29) is 6.10 Å². The minimum atomic E-state index is 0.0290. The predicted molar refractivity (Wildman–Crippen MR) is 130 cm³/mol. The van der Waals surface area contributed by atoms with Crippen LogP contribution in [0.1, 0.15) is 50.5 Å². The number of nitriles is 1. The first-order chi connectivity index (χ1) is 15.5. The van der Waals surface area contributed by atoms with Gasteiger partial charge < -0.3 is 14.8 Å². The average Bonchev–Trinajstić information content (AvgIpc) is 3.41. The highest BCUT2D eigenvalue weighted by Crippen LogP contribution is 2.45. The van der Waals surface area contributed by atoms with E-state index in [4.69, 9.17) is 14.5 Å². The molecular weight excluding hydrogens is 418 g/mol. The van der Waals surface area contributed by atoms with Crippen molar-refractivity contribution in [3.8, 4) is 22.4 Å². The largest absolute Gasteiger partial charge is 0.490 e. The highest BCUT2D eigenvalue weighted by molar-refractivity contribution is 7.16. The van der Waals surface area contributed by atoms with Gasteiger partial charge in [-0.2, -0.15) is 5.26 Å². The van der Waals surface area contributed by atoms with Crippen LogP contribution in [0.3, 0.4) is 0 Å². The van der Waals surface area contributed by atoms with Crippen molar-refractivity contribution in [1.82, 2.24) is 10.3 Å². The van der Waals surface area contributed by atoms with E-state index in [0.717, 1.165) is 43.0 Å². The van der Waals surface area contributed by atoms with Crippen LogP contribution >= 0.6 is 11.3 Å². The van der Waals surface area contributed by atoms with E-state index in [0.29, 0.717) is 23.3 Å². The second-order valence-corrected chi connectivity index (χ2v) is 9.85. The highest BCUT2D eigenvalue weighted by Gasteiger charge is 2.31. The van der Waals surface area contributed by atoms with Crippen LogP contribution < -0.4 is 10.1 Å². The van der Waals surface area contributed by atoms with Crippen molar-refractivity contribution in [1.29, 1.82) is 5.26 Å². The Labute approximate surface area is 194 Å². The maximum atomic E-state index is 9.57. The summed E-state index contributed by atoms with van der Waals surface area (Å²) >= 11 is 1.70. The zero-order chi connectivity index (χ0) is 22.7. The molecule has 0 spiro atoms. The van der Waals surface area contributed by atoms with Crippen LogP contribution in [0.15, 0.2) is 41.6 Å². The molecule has 1 aromatic heterocycles. The number of allylic oxidation sites excluding steroid dienone is 3. The maximum absolute atomic E-state index is 9.57. The molecule has 32 heavy (non-hydrogen) atoms. The lowest BCUT2D eigenvalue weighted by Crippen LogP contribution is -2.32. The number of hydrogen-bond donors (Lipinski definition) is 1. The van der Waals surface area contributed by atoms with Crippen molar-refractivity contribution in [3.05, 3.63) is 52.1 Å². The van der Waals surface area contributed by atoms with Crippen LogP contribution in [-0.4, -0.2) is 37.4 Å². The van der Waals surface area contributed by atoms with Gasteiger partial charge in [-0.1, -0.05) is 13.0 Å².